The summed E-state index contributed by atoms with van der Waals surface area (Å²) in [4.78, 5) is 8.37. The lowest BCUT2D eigenvalue weighted by atomic mass is 10.1. The monoisotopic (exact) mass is 216 g/mol. The quantitative estimate of drug-likeness (QED) is 0.845. The van der Waals surface area contributed by atoms with Crippen LogP contribution in [-0.2, 0) is 13.6 Å². The van der Waals surface area contributed by atoms with Crippen molar-refractivity contribution in [3.63, 3.8) is 0 Å². The predicted molar refractivity (Wildman–Crippen MR) is 62.7 cm³/mol. The minimum atomic E-state index is 0.283. The van der Waals surface area contributed by atoms with Crippen LogP contribution < -0.4 is 5.32 Å². The Morgan fingerprint density at radius 3 is 2.94 bits per heavy atom. The van der Waals surface area contributed by atoms with Crippen molar-refractivity contribution in [1.82, 2.24) is 19.9 Å². The van der Waals surface area contributed by atoms with Crippen molar-refractivity contribution in [3.8, 4) is 0 Å². The van der Waals surface area contributed by atoms with E-state index in [1.54, 1.807) is 6.20 Å². The van der Waals surface area contributed by atoms with Crippen molar-refractivity contribution in [2.75, 3.05) is 0 Å². The Labute approximate surface area is 95.4 Å². The van der Waals surface area contributed by atoms with Crippen LogP contribution >= 0.6 is 0 Å². The summed E-state index contributed by atoms with van der Waals surface area (Å²) in [6.07, 6.45) is 7.43. The molecule has 0 saturated carbocycles. The second kappa shape index (κ2) is 4.90. The summed E-state index contributed by atoms with van der Waals surface area (Å²) in [5.41, 5.74) is 1.19. The summed E-state index contributed by atoms with van der Waals surface area (Å²) in [6, 6.07) is 4.31. The molecule has 1 N–H and O–H groups in total. The van der Waals surface area contributed by atoms with Crippen LogP contribution in [0.5, 0.6) is 0 Å². The van der Waals surface area contributed by atoms with Gasteiger partial charge >= 0.3 is 0 Å². The van der Waals surface area contributed by atoms with Gasteiger partial charge in [0.1, 0.15) is 5.82 Å². The molecule has 1 atom stereocenters. The van der Waals surface area contributed by atoms with Gasteiger partial charge in [-0.25, -0.2) is 4.98 Å². The van der Waals surface area contributed by atoms with E-state index in [0.717, 1.165) is 12.4 Å². The van der Waals surface area contributed by atoms with E-state index in [4.69, 9.17) is 0 Å². The highest BCUT2D eigenvalue weighted by Gasteiger charge is 2.05. The molecule has 84 valence electrons. The molecule has 0 spiro atoms. The molecule has 0 aliphatic rings. The topological polar surface area (TPSA) is 42.7 Å². The SMILES string of the molecule is C[C@H](NCc1nccn1C)c1cccnc1. The number of aryl methyl sites for hydroxylation is 1. The van der Waals surface area contributed by atoms with Crippen molar-refractivity contribution < 1.29 is 0 Å². The zero-order valence-electron chi connectivity index (χ0n) is 9.59. The predicted octanol–water partition coefficient (Wildman–Crippen LogP) is 1.67. The lowest BCUT2D eigenvalue weighted by molar-refractivity contribution is 0.548. The highest BCUT2D eigenvalue weighted by Crippen LogP contribution is 2.10. The van der Waals surface area contributed by atoms with Gasteiger partial charge in [-0.05, 0) is 18.6 Å². The van der Waals surface area contributed by atoms with E-state index in [2.05, 4.69) is 28.3 Å². The molecule has 4 heteroatoms. The number of imidazole rings is 1. The Balaban J connectivity index is 1.94. The minimum Gasteiger partial charge on any atom is -0.337 e. The van der Waals surface area contributed by atoms with Crippen LogP contribution in [0, 0.1) is 0 Å². The van der Waals surface area contributed by atoms with Crippen molar-refractivity contribution in [1.29, 1.82) is 0 Å². The summed E-state index contributed by atoms with van der Waals surface area (Å²) in [6.45, 7) is 2.89. The summed E-state index contributed by atoms with van der Waals surface area (Å²) >= 11 is 0. The Morgan fingerprint density at radius 1 is 1.44 bits per heavy atom. The average molecular weight is 216 g/mol. The van der Waals surface area contributed by atoms with Gasteiger partial charge in [0.05, 0.1) is 6.54 Å². The van der Waals surface area contributed by atoms with Crippen LogP contribution in [0.15, 0.2) is 36.9 Å². The molecule has 0 aliphatic heterocycles. The van der Waals surface area contributed by atoms with Crippen LogP contribution in [0.3, 0.4) is 0 Å². The van der Waals surface area contributed by atoms with E-state index in [9.17, 15) is 0 Å². The lowest BCUT2D eigenvalue weighted by Gasteiger charge is -2.13. The van der Waals surface area contributed by atoms with Crippen LogP contribution in [0.1, 0.15) is 24.4 Å². The van der Waals surface area contributed by atoms with Crippen LogP contribution in [-0.4, -0.2) is 14.5 Å². The van der Waals surface area contributed by atoms with Gasteiger partial charge in [-0.1, -0.05) is 6.07 Å². The maximum atomic E-state index is 4.27. The van der Waals surface area contributed by atoms with Crippen LogP contribution in [0.4, 0.5) is 0 Å². The molecule has 16 heavy (non-hydrogen) atoms. The first-order valence-corrected chi connectivity index (χ1v) is 5.37. The normalized spacial score (nSPS) is 12.6. The number of rotatable bonds is 4. The van der Waals surface area contributed by atoms with Gasteiger partial charge < -0.3 is 9.88 Å². The van der Waals surface area contributed by atoms with Gasteiger partial charge in [-0.2, -0.15) is 0 Å². The third-order valence-electron chi connectivity index (χ3n) is 2.67. The summed E-state index contributed by atoms with van der Waals surface area (Å²) in [7, 11) is 2.00. The number of aromatic nitrogens is 3. The van der Waals surface area contributed by atoms with E-state index in [1.165, 1.54) is 5.56 Å². The van der Waals surface area contributed by atoms with Crippen molar-refractivity contribution in [3.05, 3.63) is 48.3 Å². The molecule has 0 bridgehead atoms. The fourth-order valence-electron chi connectivity index (χ4n) is 1.56. The molecule has 0 aliphatic carbocycles. The second-order valence-corrected chi connectivity index (χ2v) is 3.84. The summed E-state index contributed by atoms with van der Waals surface area (Å²) < 4.78 is 2.02. The number of nitrogens with one attached hydrogen (secondary N) is 1. The van der Waals surface area contributed by atoms with Crippen molar-refractivity contribution in [2.45, 2.75) is 19.5 Å². The number of hydrogen-bond donors (Lipinski definition) is 1. The first kappa shape index (κ1) is 10.8. The summed E-state index contributed by atoms with van der Waals surface area (Å²) in [5, 5.41) is 3.42. The fourth-order valence-corrected chi connectivity index (χ4v) is 1.56. The molecule has 0 saturated heterocycles. The molecule has 0 radical (unpaired) electrons. The summed E-state index contributed by atoms with van der Waals surface area (Å²) in [5.74, 6) is 1.04. The molecule has 0 unspecified atom stereocenters. The molecule has 2 heterocycles. The third-order valence-corrected chi connectivity index (χ3v) is 2.67. The van der Waals surface area contributed by atoms with Gasteiger partial charge in [0.25, 0.3) is 0 Å². The smallest absolute Gasteiger partial charge is 0.122 e. The minimum absolute atomic E-state index is 0.283. The first-order valence-electron chi connectivity index (χ1n) is 5.37. The fraction of sp³-hybridized carbons (Fsp3) is 0.333. The van der Waals surface area contributed by atoms with Gasteiger partial charge in [0.15, 0.2) is 0 Å². The molecule has 0 aromatic carbocycles. The Hall–Kier alpha value is -1.68. The standard InChI is InChI=1S/C12H16N4/c1-10(11-4-3-5-13-8-11)15-9-12-14-6-7-16(12)2/h3-8,10,15H,9H2,1-2H3/t10-/m0/s1. The molecule has 0 fully saturated rings. The zero-order valence-corrected chi connectivity index (χ0v) is 9.59. The highest BCUT2D eigenvalue weighted by atomic mass is 15.1. The molecular formula is C12H16N4. The molecule has 4 nitrogen and oxygen atoms in total. The maximum absolute atomic E-state index is 4.27. The Morgan fingerprint density at radius 2 is 2.31 bits per heavy atom. The number of hydrogen-bond acceptors (Lipinski definition) is 3. The number of pyridine rings is 1. The van der Waals surface area contributed by atoms with Crippen LogP contribution in [0.2, 0.25) is 0 Å². The van der Waals surface area contributed by atoms with Gasteiger partial charge in [-0.3, -0.25) is 4.98 Å². The molecular weight excluding hydrogens is 200 g/mol. The average Bonchev–Trinajstić information content (AvgIpc) is 2.73. The van der Waals surface area contributed by atoms with E-state index >= 15 is 0 Å². The Kier molecular flexibility index (Phi) is 3.31. The molecule has 2 aromatic rings. The van der Waals surface area contributed by atoms with Crippen molar-refractivity contribution in [2.24, 2.45) is 7.05 Å². The Bertz CT molecular complexity index is 435. The van der Waals surface area contributed by atoms with E-state index in [1.807, 2.05) is 36.3 Å². The first-order chi connectivity index (χ1) is 7.77. The van der Waals surface area contributed by atoms with Gasteiger partial charge in [-0.15, -0.1) is 0 Å². The third kappa shape index (κ3) is 2.46. The largest absolute Gasteiger partial charge is 0.337 e. The maximum Gasteiger partial charge on any atom is 0.122 e. The van der Waals surface area contributed by atoms with Gasteiger partial charge in [0, 0.05) is 37.9 Å². The lowest BCUT2D eigenvalue weighted by Crippen LogP contribution is -2.20. The molecule has 2 rings (SSSR count). The second-order valence-electron chi connectivity index (χ2n) is 3.84. The number of nitrogens with zero attached hydrogens (tertiary/aromatic N) is 3. The molecule has 2 aromatic heterocycles. The van der Waals surface area contributed by atoms with E-state index < -0.39 is 0 Å². The van der Waals surface area contributed by atoms with E-state index in [-0.39, 0.29) is 6.04 Å². The highest BCUT2D eigenvalue weighted by molar-refractivity contribution is 5.12. The van der Waals surface area contributed by atoms with Crippen molar-refractivity contribution >= 4 is 0 Å². The zero-order chi connectivity index (χ0) is 11.4. The van der Waals surface area contributed by atoms with E-state index in [0.29, 0.717) is 0 Å². The van der Waals surface area contributed by atoms with Crippen LogP contribution in [0.25, 0.3) is 0 Å². The van der Waals surface area contributed by atoms with Gasteiger partial charge in [0.2, 0.25) is 0 Å². The molecule has 0 amide bonds.